The van der Waals surface area contributed by atoms with Crippen molar-refractivity contribution in [3.8, 4) is 5.75 Å². The Morgan fingerprint density at radius 3 is 2.54 bits per heavy atom. The normalized spacial score (nSPS) is 11.8. The first-order chi connectivity index (χ1) is 11.5. The van der Waals surface area contributed by atoms with Gasteiger partial charge in [-0.05, 0) is 37.0 Å². The van der Waals surface area contributed by atoms with E-state index in [-0.39, 0.29) is 24.8 Å². The summed E-state index contributed by atoms with van der Waals surface area (Å²) in [4.78, 5) is 23.4. The third-order valence-electron chi connectivity index (χ3n) is 3.81. The molecule has 0 saturated heterocycles. The molecule has 0 aliphatic rings. The number of hydrogen-bond acceptors (Lipinski definition) is 4. The van der Waals surface area contributed by atoms with Crippen LogP contribution < -0.4 is 4.74 Å². The lowest BCUT2D eigenvalue weighted by Crippen LogP contribution is -2.14. The van der Waals surface area contributed by atoms with Crippen LogP contribution in [0.1, 0.15) is 58.8 Å². The van der Waals surface area contributed by atoms with Crippen molar-refractivity contribution in [3.05, 3.63) is 29.3 Å². The lowest BCUT2D eigenvalue weighted by Gasteiger charge is -2.14. The molecule has 0 radical (unpaired) electrons. The highest BCUT2D eigenvalue weighted by Gasteiger charge is 2.11. The molecule has 5 heteroatoms. The Morgan fingerprint density at radius 1 is 1.12 bits per heavy atom. The van der Waals surface area contributed by atoms with E-state index in [0.717, 1.165) is 25.7 Å². The summed E-state index contributed by atoms with van der Waals surface area (Å²) < 4.78 is 10.5. The van der Waals surface area contributed by atoms with Crippen molar-refractivity contribution in [1.82, 2.24) is 0 Å². The van der Waals surface area contributed by atoms with Gasteiger partial charge in [0.25, 0.3) is 0 Å². The molecule has 1 rings (SSSR count). The molecule has 4 nitrogen and oxygen atoms in total. The summed E-state index contributed by atoms with van der Waals surface area (Å²) in [5, 5.41) is 0.512. The zero-order chi connectivity index (χ0) is 17.8. The number of esters is 2. The summed E-state index contributed by atoms with van der Waals surface area (Å²) in [6.07, 6.45) is 5.24. The fraction of sp³-hybridized carbons (Fsp3) is 0.579. The van der Waals surface area contributed by atoms with Crippen molar-refractivity contribution in [2.45, 2.75) is 58.8 Å². The molecule has 1 unspecified atom stereocenters. The van der Waals surface area contributed by atoms with Gasteiger partial charge in [0, 0.05) is 17.9 Å². The molecule has 0 heterocycles. The third kappa shape index (κ3) is 8.92. The Labute approximate surface area is 149 Å². The molecule has 0 aromatic heterocycles. The lowest BCUT2D eigenvalue weighted by atomic mass is 10.0. The first-order valence-electron chi connectivity index (χ1n) is 8.67. The largest absolute Gasteiger partial charge is 0.465 e. The quantitative estimate of drug-likeness (QED) is 0.406. The molecular weight excluding hydrogens is 328 g/mol. The van der Waals surface area contributed by atoms with E-state index in [9.17, 15) is 9.59 Å². The summed E-state index contributed by atoms with van der Waals surface area (Å²) >= 11 is 5.83. The van der Waals surface area contributed by atoms with Crippen LogP contribution in [0.4, 0.5) is 0 Å². The minimum absolute atomic E-state index is 0.175. The molecule has 0 aliphatic carbocycles. The van der Waals surface area contributed by atoms with Gasteiger partial charge in [-0.2, -0.15) is 0 Å². The molecule has 1 aromatic carbocycles. The van der Waals surface area contributed by atoms with E-state index in [1.165, 1.54) is 0 Å². The number of benzene rings is 1. The van der Waals surface area contributed by atoms with Gasteiger partial charge >= 0.3 is 11.9 Å². The number of hydrogen-bond donors (Lipinski definition) is 0. The number of carbonyl (C=O) groups is 2. The SMILES string of the molecule is CCCCC(CC)COC(=O)CCCC(=O)Oc1cccc(Cl)c1. The van der Waals surface area contributed by atoms with Crippen LogP contribution in [-0.4, -0.2) is 18.5 Å². The van der Waals surface area contributed by atoms with Gasteiger partial charge in [-0.1, -0.05) is 50.8 Å². The molecule has 0 saturated carbocycles. The van der Waals surface area contributed by atoms with E-state index in [1.54, 1.807) is 24.3 Å². The summed E-state index contributed by atoms with van der Waals surface area (Å²) in [7, 11) is 0. The molecular formula is C19H27ClO4. The second-order valence-electron chi connectivity index (χ2n) is 5.88. The number of unbranched alkanes of at least 4 members (excludes halogenated alkanes) is 1. The van der Waals surface area contributed by atoms with Crippen molar-refractivity contribution in [2.24, 2.45) is 5.92 Å². The van der Waals surface area contributed by atoms with E-state index in [4.69, 9.17) is 21.1 Å². The van der Waals surface area contributed by atoms with Gasteiger partial charge in [-0.15, -0.1) is 0 Å². The van der Waals surface area contributed by atoms with Crippen LogP contribution in [-0.2, 0) is 14.3 Å². The molecule has 0 bridgehead atoms. The second kappa shape index (κ2) is 11.9. The summed E-state index contributed by atoms with van der Waals surface area (Å²) in [5.41, 5.74) is 0. The number of halogens is 1. The molecule has 0 amide bonds. The standard InChI is InChI=1S/C19H27ClO4/c1-3-5-8-15(4-2)14-23-18(21)11-7-12-19(22)24-17-10-6-9-16(20)13-17/h6,9-10,13,15H,3-5,7-8,11-12,14H2,1-2H3. The molecule has 1 atom stereocenters. The Kier molecular flexibility index (Phi) is 10.2. The average molecular weight is 355 g/mol. The van der Waals surface area contributed by atoms with Crippen LogP contribution in [0.25, 0.3) is 0 Å². The molecule has 24 heavy (non-hydrogen) atoms. The van der Waals surface area contributed by atoms with Gasteiger partial charge in [0.05, 0.1) is 6.61 Å². The molecule has 134 valence electrons. The monoisotopic (exact) mass is 354 g/mol. The minimum atomic E-state index is -0.376. The van der Waals surface area contributed by atoms with Crippen molar-refractivity contribution in [2.75, 3.05) is 6.61 Å². The Hall–Kier alpha value is -1.55. The van der Waals surface area contributed by atoms with E-state index in [1.807, 2.05) is 0 Å². The Balaban J connectivity index is 2.19. The van der Waals surface area contributed by atoms with Gasteiger partial charge in [0.1, 0.15) is 5.75 Å². The van der Waals surface area contributed by atoms with Crippen LogP contribution in [0, 0.1) is 5.92 Å². The fourth-order valence-corrected chi connectivity index (χ4v) is 2.45. The highest BCUT2D eigenvalue weighted by Crippen LogP contribution is 2.18. The minimum Gasteiger partial charge on any atom is -0.465 e. The first kappa shape index (κ1) is 20.5. The molecule has 0 aliphatic heterocycles. The van der Waals surface area contributed by atoms with E-state index in [2.05, 4.69) is 13.8 Å². The number of ether oxygens (including phenoxy) is 2. The first-order valence-corrected chi connectivity index (χ1v) is 9.04. The van der Waals surface area contributed by atoms with Gasteiger partial charge in [-0.25, -0.2) is 0 Å². The van der Waals surface area contributed by atoms with Crippen molar-refractivity contribution in [1.29, 1.82) is 0 Å². The van der Waals surface area contributed by atoms with Crippen molar-refractivity contribution in [3.63, 3.8) is 0 Å². The predicted molar refractivity (Wildman–Crippen MR) is 95.2 cm³/mol. The van der Waals surface area contributed by atoms with Crippen LogP contribution in [0.2, 0.25) is 5.02 Å². The number of rotatable bonds is 11. The van der Waals surface area contributed by atoms with Gasteiger partial charge in [0.15, 0.2) is 0 Å². The van der Waals surface area contributed by atoms with E-state index >= 15 is 0 Å². The second-order valence-corrected chi connectivity index (χ2v) is 6.32. The van der Waals surface area contributed by atoms with Gasteiger partial charge in [0.2, 0.25) is 0 Å². The topological polar surface area (TPSA) is 52.6 Å². The van der Waals surface area contributed by atoms with Gasteiger partial charge in [-0.3, -0.25) is 9.59 Å². The number of carbonyl (C=O) groups excluding carboxylic acids is 2. The fourth-order valence-electron chi connectivity index (χ4n) is 2.27. The Bertz CT molecular complexity index is 516. The molecule has 1 aromatic rings. The summed E-state index contributed by atoms with van der Waals surface area (Å²) in [6.45, 7) is 4.74. The third-order valence-corrected chi connectivity index (χ3v) is 4.05. The lowest BCUT2D eigenvalue weighted by molar-refractivity contribution is -0.145. The van der Waals surface area contributed by atoms with Crippen LogP contribution in [0.3, 0.4) is 0 Å². The van der Waals surface area contributed by atoms with Crippen LogP contribution >= 0.6 is 11.6 Å². The molecule has 0 N–H and O–H groups in total. The van der Waals surface area contributed by atoms with E-state index < -0.39 is 0 Å². The highest BCUT2D eigenvalue weighted by atomic mass is 35.5. The zero-order valence-electron chi connectivity index (χ0n) is 14.6. The average Bonchev–Trinajstić information content (AvgIpc) is 2.55. The van der Waals surface area contributed by atoms with E-state index in [0.29, 0.717) is 29.7 Å². The predicted octanol–water partition coefficient (Wildman–Crippen LogP) is 5.18. The smallest absolute Gasteiger partial charge is 0.311 e. The van der Waals surface area contributed by atoms with Gasteiger partial charge < -0.3 is 9.47 Å². The zero-order valence-corrected chi connectivity index (χ0v) is 15.3. The Morgan fingerprint density at radius 2 is 1.88 bits per heavy atom. The van der Waals surface area contributed by atoms with Crippen molar-refractivity contribution >= 4 is 23.5 Å². The molecule has 0 spiro atoms. The van der Waals surface area contributed by atoms with Crippen LogP contribution in [0.15, 0.2) is 24.3 Å². The van der Waals surface area contributed by atoms with Crippen molar-refractivity contribution < 1.29 is 19.1 Å². The molecule has 0 fully saturated rings. The maximum absolute atomic E-state index is 11.7. The van der Waals surface area contributed by atoms with Crippen LogP contribution in [0.5, 0.6) is 5.75 Å². The summed E-state index contributed by atoms with van der Waals surface area (Å²) in [6, 6.07) is 6.66. The maximum atomic E-state index is 11.7. The maximum Gasteiger partial charge on any atom is 0.311 e. The highest BCUT2D eigenvalue weighted by molar-refractivity contribution is 6.30. The summed E-state index contributed by atoms with van der Waals surface area (Å²) in [5.74, 6) is 0.221.